The summed E-state index contributed by atoms with van der Waals surface area (Å²) in [5.74, 6) is 0.0370. The fourth-order valence-corrected chi connectivity index (χ4v) is 4.84. The molecule has 32 heavy (non-hydrogen) atoms. The van der Waals surface area contributed by atoms with Gasteiger partial charge in [0.25, 0.3) is 0 Å². The summed E-state index contributed by atoms with van der Waals surface area (Å²) in [6.45, 7) is 8.53. The molecule has 0 spiro atoms. The molecule has 0 radical (unpaired) electrons. The number of ketones is 1. The van der Waals surface area contributed by atoms with Crippen LogP contribution in [0.5, 0.6) is 0 Å². The third kappa shape index (κ3) is 5.05. The van der Waals surface area contributed by atoms with E-state index in [-0.39, 0.29) is 5.78 Å². The lowest BCUT2D eigenvalue weighted by Gasteiger charge is -2.22. The number of hydrogen-bond acceptors (Lipinski definition) is 4. The number of halogens is 1. The number of hydrogen-bond donors (Lipinski definition) is 0. The predicted octanol–water partition coefficient (Wildman–Crippen LogP) is 4.97. The molecule has 1 aliphatic heterocycles. The molecule has 1 aliphatic rings. The van der Waals surface area contributed by atoms with Crippen molar-refractivity contribution in [3.05, 3.63) is 70.4 Å². The molecule has 0 N–H and O–H groups in total. The first-order valence-electron chi connectivity index (χ1n) is 11.3. The Bertz CT molecular complexity index is 1150. The number of nitrogens with zero attached hydrogens (tertiary/aromatic N) is 4. The summed E-state index contributed by atoms with van der Waals surface area (Å²) in [4.78, 5) is 17.1. The van der Waals surface area contributed by atoms with E-state index in [0.29, 0.717) is 11.1 Å². The number of fused-ring (bicyclic) bond motifs is 1. The molecule has 0 saturated carbocycles. The first-order valence-corrected chi connectivity index (χ1v) is 11.7. The number of aryl methyl sites for hydroxylation is 1. The summed E-state index contributed by atoms with van der Waals surface area (Å²) in [6, 6.07) is 16.0. The van der Waals surface area contributed by atoms with E-state index < -0.39 is 0 Å². The third-order valence-corrected chi connectivity index (χ3v) is 6.67. The Morgan fingerprint density at radius 1 is 1.03 bits per heavy atom. The zero-order chi connectivity index (χ0) is 22.5. The van der Waals surface area contributed by atoms with Crippen LogP contribution in [0.25, 0.3) is 10.9 Å². The number of Topliss-reactive ketones (excluding diaryl/α,β-unsaturated/α-hetero) is 1. The van der Waals surface area contributed by atoms with Crippen LogP contribution in [0.1, 0.15) is 41.3 Å². The molecule has 6 heteroatoms. The van der Waals surface area contributed by atoms with E-state index in [4.69, 9.17) is 11.6 Å². The van der Waals surface area contributed by atoms with Crippen LogP contribution in [-0.4, -0.2) is 52.9 Å². The zero-order valence-corrected chi connectivity index (χ0v) is 19.3. The first kappa shape index (κ1) is 22.5. The van der Waals surface area contributed by atoms with Crippen LogP contribution in [0.15, 0.2) is 48.7 Å². The van der Waals surface area contributed by atoms with Crippen LogP contribution >= 0.6 is 11.6 Å². The van der Waals surface area contributed by atoms with Crippen molar-refractivity contribution in [2.75, 3.05) is 32.7 Å². The molecular weight excluding hydrogens is 420 g/mol. The van der Waals surface area contributed by atoms with Gasteiger partial charge in [-0.25, -0.2) is 0 Å². The molecule has 0 aliphatic carbocycles. The Hall–Kier alpha value is -2.65. The monoisotopic (exact) mass is 448 g/mol. The highest BCUT2D eigenvalue weighted by molar-refractivity contribution is 6.31. The molecule has 0 bridgehead atoms. The van der Waals surface area contributed by atoms with Crippen molar-refractivity contribution in [3.8, 4) is 6.07 Å². The van der Waals surface area contributed by atoms with Crippen LogP contribution in [0.2, 0.25) is 5.02 Å². The van der Waals surface area contributed by atoms with Crippen LogP contribution in [0.4, 0.5) is 0 Å². The second kappa shape index (κ2) is 10.3. The molecule has 0 atom stereocenters. The fourth-order valence-electron chi connectivity index (χ4n) is 4.65. The summed E-state index contributed by atoms with van der Waals surface area (Å²) < 4.78 is 2.09. The quantitative estimate of drug-likeness (QED) is 0.479. The van der Waals surface area contributed by atoms with Gasteiger partial charge in [0.05, 0.1) is 11.1 Å². The molecule has 1 saturated heterocycles. The maximum atomic E-state index is 12.1. The number of para-hydroxylation sites is 1. The van der Waals surface area contributed by atoms with E-state index in [2.05, 4.69) is 26.5 Å². The maximum Gasteiger partial charge on any atom is 0.161 e. The Balaban J connectivity index is 1.36. The molecule has 2 aromatic carbocycles. The smallest absolute Gasteiger partial charge is 0.161 e. The normalized spacial score (nSPS) is 15.5. The number of carbonyl (C=O) groups excluding carboxylic acids is 1. The average Bonchev–Trinajstić information content (AvgIpc) is 3.02. The van der Waals surface area contributed by atoms with Crippen LogP contribution in [0.3, 0.4) is 0 Å². The van der Waals surface area contributed by atoms with E-state index in [1.807, 2.05) is 42.6 Å². The minimum absolute atomic E-state index is 0.0370. The van der Waals surface area contributed by atoms with Gasteiger partial charge >= 0.3 is 0 Å². The van der Waals surface area contributed by atoms with E-state index >= 15 is 0 Å². The van der Waals surface area contributed by atoms with Gasteiger partial charge in [-0.05, 0) is 57.1 Å². The number of carbonyl (C=O) groups is 1. The molecular formula is C26H29ClN4O. The van der Waals surface area contributed by atoms with Crippen molar-refractivity contribution in [3.63, 3.8) is 0 Å². The summed E-state index contributed by atoms with van der Waals surface area (Å²) in [6.07, 6.45) is 4.04. The summed E-state index contributed by atoms with van der Waals surface area (Å²) in [5, 5.41) is 11.3. The van der Waals surface area contributed by atoms with E-state index in [1.165, 1.54) is 5.56 Å². The molecule has 4 rings (SSSR count). The fraction of sp³-hybridized carbons (Fsp3) is 0.385. The molecule has 0 unspecified atom stereocenters. The number of nitriles is 1. The van der Waals surface area contributed by atoms with Crippen LogP contribution in [0, 0.1) is 11.3 Å². The minimum Gasteiger partial charge on any atom is -0.346 e. The van der Waals surface area contributed by atoms with Gasteiger partial charge in [0.1, 0.15) is 6.07 Å². The molecule has 2 heterocycles. The second-order valence-corrected chi connectivity index (χ2v) is 8.93. The van der Waals surface area contributed by atoms with Crippen molar-refractivity contribution < 1.29 is 4.79 Å². The van der Waals surface area contributed by atoms with Crippen molar-refractivity contribution in [1.82, 2.24) is 14.4 Å². The molecule has 0 amide bonds. The van der Waals surface area contributed by atoms with E-state index in [1.54, 1.807) is 6.92 Å². The van der Waals surface area contributed by atoms with Crippen LogP contribution in [-0.2, 0) is 13.1 Å². The highest BCUT2D eigenvalue weighted by Gasteiger charge is 2.17. The molecule has 5 nitrogen and oxygen atoms in total. The first-order chi connectivity index (χ1) is 15.6. The summed E-state index contributed by atoms with van der Waals surface area (Å²) in [5.41, 5.74) is 3.39. The van der Waals surface area contributed by atoms with Crippen LogP contribution < -0.4 is 0 Å². The lowest BCUT2D eigenvalue weighted by molar-refractivity contribution is 0.101. The van der Waals surface area contributed by atoms with Gasteiger partial charge in [-0.3, -0.25) is 9.69 Å². The highest BCUT2D eigenvalue weighted by atomic mass is 35.5. The number of aromatic nitrogens is 1. The summed E-state index contributed by atoms with van der Waals surface area (Å²) >= 11 is 6.34. The van der Waals surface area contributed by atoms with Gasteiger partial charge in [-0.2, -0.15) is 5.26 Å². The van der Waals surface area contributed by atoms with Crippen molar-refractivity contribution in [2.24, 2.45) is 0 Å². The Labute approximate surface area is 194 Å². The zero-order valence-electron chi connectivity index (χ0n) is 18.6. The van der Waals surface area contributed by atoms with Crippen molar-refractivity contribution in [1.29, 1.82) is 5.26 Å². The van der Waals surface area contributed by atoms with Gasteiger partial charge in [0, 0.05) is 48.3 Å². The maximum absolute atomic E-state index is 12.1. The van der Waals surface area contributed by atoms with Gasteiger partial charge in [0.15, 0.2) is 5.78 Å². The van der Waals surface area contributed by atoms with Gasteiger partial charge in [-0.1, -0.05) is 41.9 Å². The van der Waals surface area contributed by atoms with E-state index in [9.17, 15) is 10.1 Å². The molecule has 3 aromatic rings. The topological polar surface area (TPSA) is 52.3 Å². The van der Waals surface area contributed by atoms with Crippen molar-refractivity contribution in [2.45, 2.75) is 32.9 Å². The molecule has 166 valence electrons. The SMILES string of the molecule is CC(=O)c1cn(CCCN2CCCN(Cc3ccccc3Cl)CC2)c2c(C#N)cccc12. The number of rotatable bonds is 7. The van der Waals surface area contributed by atoms with E-state index in [0.717, 1.165) is 74.6 Å². The Morgan fingerprint density at radius 3 is 2.59 bits per heavy atom. The van der Waals surface area contributed by atoms with Gasteiger partial charge in [-0.15, -0.1) is 0 Å². The Kier molecular flexibility index (Phi) is 7.26. The second-order valence-electron chi connectivity index (χ2n) is 8.52. The largest absolute Gasteiger partial charge is 0.346 e. The Morgan fingerprint density at radius 2 is 1.81 bits per heavy atom. The third-order valence-electron chi connectivity index (χ3n) is 6.30. The number of benzene rings is 2. The molecule has 1 aromatic heterocycles. The average molecular weight is 449 g/mol. The summed E-state index contributed by atoms with van der Waals surface area (Å²) in [7, 11) is 0. The van der Waals surface area contributed by atoms with Crippen molar-refractivity contribution >= 4 is 28.3 Å². The van der Waals surface area contributed by atoms with Gasteiger partial charge < -0.3 is 9.47 Å². The minimum atomic E-state index is 0.0370. The molecule has 1 fully saturated rings. The van der Waals surface area contributed by atoms with Gasteiger partial charge in [0.2, 0.25) is 0 Å². The predicted molar refractivity (Wildman–Crippen MR) is 129 cm³/mol. The highest BCUT2D eigenvalue weighted by Crippen LogP contribution is 2.25. The lowest BCUT2D eigenvalue weighted by atomic mass is 10.1. The standard InChI is InChI=1S/C26H29ClN4O/c1-20(32)24-19-31(26-21(17-28)8-4-9-23(24)26)14-6-12-29-11-5-13-30(16-15-29)18-22-7-2-3-10-25(22)27/h2-4,7-10,19H,5-6,11-16,18H2,1H3. The lowest BCUT2D eigenvalue weighted by Crippen LogP contribution is -2.31.